The molecule has 3 aromatic rings. The molecular weight excluding hydrogens is 460 g/mol. The fraction of sp³-hybridized carbons (Fsp3) is 0.217. The van der Waals surface area contributed by atoms with Crippen LogP contribution < -0.4 is 4.90 Å². The molecule has 10 heteroatoms. The van der Waals surface area contributed by atoms with E-state index in [1.165, 1.54) is 30.7 Å². The second-order valence-electron chi connectivity index (χ2n) is 7.48. The maximum Gasteiger partial charge on any atom is 0.174 e. The van der Waals surface area contributed by atoms with Gasteiger partial charge >= 0.3 is 0 Å². The summed E-state index contributed by atoms with van der Waals surface area (Å²) in [5.41, 5.74) is 1.90. The van der Waals surface area contributed by atoms with Crippen molar-refractivity contribution < 1.29 is 22.4 Å². The summed E-state index contributed by atoms with van der Waals surface area (Å²) in [6.45, 7) is 2.96. The fourth-order valence-corrected chi connectivity index (χ4v) is 3.61. The Morgan fingerprint density at radius 3 is 2.39 bits per heavy atom. The van der Waals surface area contributed by atoms with Crippen molar-refractivity contribution in [3.8, 4) is 0 Å². The first-order chi connectivity index (χ1) is 15.3. The molecule has 0 saturated heterocycles. The van der Waals surface area contributed by atoms with E-state index in [0.29, 0.717) is 37.3 Å². The molecule has 0 atom stereocenters. The number of rotatable bonds is 5. The minimum atomic E-state index is -1.26. The highest BCUT2D eigenvalue weighted by atomic mass is 35.5. The summed E-state index contributed by atoms with van der Waals surface area (Å²) in [5.74, 6) is -4.64. The summed E-state index contributed by atoms with van der Waals surface area (Å²) in [6.07, 6.45) is 4.65. The largest absolute Gasteiger partial charge is 0.349 e. The molecule has 0 bridgehead atoms. The second-order valence-corrected chi connectivity index (χ2v) is 7.48. The molecule has 0 aliphatic carbocycles. The third-order valence-corrected chi connectivity index (χ3v) is 5.30. The van der Waals surface area contributed by atoms with E-state index in [4.69, 9.17) is 0 Å². The van der Waals surface area contributed by atoms with Gasteiger partial charge in [0.25, 0.3) is 0 Å². The number of Topliss-reactive ketones (excluding diaryl/α,β-unsaturated/α-hetero) is 1. The van der Waals surface area contributed by atoms with Crippen molar-refractivity contribution in [2.45, 2.75) is 19.8 Å². The van der Waals surface area contributed by atoms with Crippen molar-refractivity contribution in [3.63, 3.8) is 0 Å². The van der Waals surface area contributed by atoms with Crippen LogP contribution in [-0.4, -0.2) is 33.8 Å². The lowest BCUT2D eigenvalue weighted by molar-refractivity contribution is 0.0983. The number of carbonyl (C=O) groups is 1. The third-order valence-electron chi connectivity index (χ3n) is 5.30. The van der Waals surface area contributed by atoms with Crippen molar-refractivity contribution in [1.82, 2.24) is 15.0 Å². The van der Waals surface area contributed by atoms with E-state index in [2.05, 4.69) is 15.0 Å². The van der Waals surface area contributed by atoms with Crippen LogP contribution >= 0.6 is 12.4 Å². The van der Waals surface area contributed by atoms with Crippen molar-refractivity contribution in [2.24, 2.45) is 0 Å². The van der Waals surface area contributed by atoms with E-state index in [1.807, 2.05) is 11.8 Å². The quantitative estimate of drug-likeness (QED) is 0.383. The van der Waals surface area contributed by atoms with Crippen LogP contribution in [0.4, 0.5) is 23.4 Å². The third kappa shape index (κ3) is 5.19. The molecule has 5 nitrogen and oxygen atoms in total. The fourth-order valence-electron chi connectivity index (χ4n) is 3.61. The van der Waals surface area contributed by atoms with Gasteiger partial charge in [0.15, 0.2) is 17.4 Å². The summed E-state index contributed by atoms with van der Waals surface area (Å²) in [5, 5.41) is 0. The van der Waals surface area contributed by atoms with E-state index in [1.54, 1.807) is 0 Å². The van der Waals surface area contributed by atoms with Crippen molar-refractivity contribution in [3.05, 3.63) is 88.6 Å². The van der Waals surface area contributed by atoms with Gasteiger partial charge in [-0.15, -0.1) is 12.4 Å². The van der Waals surface area contributed by atoms with Crippen LogP contribution in [0.5, 0.6) is 0 Å². The van der Waals surface area contributed by atoms with E-state index in [0.717, 1.165) is 11.1 Å². The molecular formula is C23H19ClF4N4O. The maximum absolute atomic E-state index is 14.1. The summed E-state index contributed by atoms with van der Waals surface area (Å²) >= 11 is 0. The van der Waals surface area contributed by atoms with Crippen LogP contribution in [0.25, 0.3) is 5.57 Å². The van der Waals surface area contributed by atoms with Crippen molar-refractivity contribution in [2.75, 3.05) is 18.0 Å². The van der Waals surface area contributed by atoms with E-state index >= 15 is 0 Å². The summed E-state index contributed by atoms with van der Waals surface area (Å²) in [4.78, 5) is 26.8. The lowest BCUT2D eigenvalue weighted by Crippen LogP contribution is -2.32. The van der Waals surface area contributed by atoms with Crippen LogP contribution in [0.1, 0.15) is 35.1 Å². The summed E-state index contributed by atoms with van der Waals surface area (Å²) in [6, 6.07) is 3.80. The molecule has 4 rings (SSSR count). The number of carbonyl (C=O) groups excluding carboxylic acids is 1. The predicted molar refractivity (Wildman–Crippen MR) is 117 cm³/mol. The molecule has 0 amide bonds. The van der Waals surface area contributed by atoms with Gasteiger partial charge in [-0.2, -0.15) is 0 Å². The Hall–Kier alpha value is -3.33. The number of nitrogens with zero attached hydrogens (tertiary/aromatic N) is 4. The zero-order chi connectivity index (χ0) is 22.8. The SMILES string of the molecule is CC1=C(c2cnc(CC(=O)c3c(F)cc(F)cc3F)cn2)CN(c2ncccc2F)CC1.Cl. The molecule has 172 valence electrons. The summed E-state index contributed by atoms with van der Waals surface area (Å²) < 4.78 is 54.9. The molecule has 0 fully saturated rings. The van der Waals surface area contributed by atoms with Gasteiger partial charge in [-0.05, 0) is 31.1 Å². The van der Waals surface area contributed by atoms with Crippen LogP contribution in [0.3, 0.4) is 0 Å². The van der Waals surface area contributed by atoms with Crippen LogP contribution in [0.2, 0.25) is 0 Å². The molecule has 0 radical (unpaired) electrons. The average Bonchev–Trinajstić information content (AvgIpc) is 2.74. The molecule has 1 aliphatic rings. The van der Waals surface area contributed by atoms with E-state index in [-0.39, 0.29) is 23.9 Å². The Morgan fingerprint density at radius 2 is 1.76 bits per heavy atom. The first-order valence-corrected chi connectivity index (χ1v) is 9.86. The Morgan fingerprint density at radius 1 is 1.03 bits per heavy atom. The maximum atomic E-state index is 14.1. The predicted octanol–water partition coefficient (Wildman–Crippen LogP) is 4.96. The summed E-state index contributed by atoms with van der Waals surface area (Å²) in [7, 11) is 0. The van der Waals surface area contributed by atoms with Gasteiger partial charge in [0, 0.05) is 37.6 Å². The van der Waals surface area contributed by atoms with Gasteiger partial charge in [-0.3, -0.25) is 14.8 Å². The molecule has 33 heavy (non-hydrogen) atoms. The Kier molecular flexibility index (Phi) is 7.43. The molecule has 0 N–H and O–H groups in total. The topological polar surface area (TPSA) is 59.0 Å². The van der Waals surface area contributed by atoms with Crippen LogP contribution in [-0.2, 0) is 6.42 Å². The van der Waals surface area contributed by atoms with Crippen molar-refractivity contribution >= 4 is 29.6 Å². The van der Waals surface area contributed by atoms with Gasteiger partial charge in [0.1, 0.15) is 17.5 Å². The van der Waals surface area contributed by atoms with Gasteiger partial charge in [-0.25, -0.2) is 22.5 Å². The number of halogens is 5. The standard InChI is InChI=1S/C23H18F4N4O.ClH/c1-13-4-6-31(23-17(25)3-2-5-28-23)12-16(13)20-11-29-15(10-30-20)9-21(32)22-18(26)7-14(24)8-19(22)27;/h2-3,5,7-8,10-11H,4,6,9,12H2,1H3;1H. The molecule has 1 aromatic carbocycles. The monoisotopic (exact) mass is 478 g/mol. The minimum Gasteiger partial charge on any atom is -0.349 e. The highest BCUT2D eigenvalue weighted by Crippen LogP contribution is 2.28. The van der Waals surface area contributed by atoms with Gasteiger partial charge in [-0.1, -0.05) is 5.57 Å². The normalized spacial score (nSPS) is 13.7. The van der Waals surface area contributed by atoms with Gasteiger partial charge in [0.05, 0.1) is 29.6 Å². The Labute approximate surface area is 193 Å². The molecule has 0 saturated carbocycles. The molecule has 0 spiro atoms. The Bertz CT molecular complexity index is 1190. The Balaban J connectivity index is 0.00000306. The first kappa shape index (κ1) is 24.3. The smallest absolute Gasteiger partial charge is 0.174 e. The number of ketones is 1. The number of anilines is 1. The highest BCUT2D eigenvalue weighted by Gasteiger charge is 2.23. The molecule has 1 aliphatic heterocycles. The van der Waals surface area contributed by atoms with Crippen LogP contribution in [0.15, 0.2) is 48.4 Å². The zero-order valence-electron chi connectivity index (χ0n) is 17.5. The number of benzene rings is 1. The highest BCUT2D eigenvalue weighted by molar-refractivity contribution is 5.97. The second kappa shape index (κ2) is 10.1. The molecule has 3 heterocycles. The van der Waals surface area contributed by atoms with E-state index < -0.39 is 41.0 Å². The zero-order valence-corrected chi connectivity index (χ0v) is 18.3. The lowest BCUT2D eigenvalue weighted by Gasteiger charge is -2.30. The van der Waals surface area contributed by atoms with Crippen molar-refractivity contribution in [1.29, 1.82) is 0 Å². The van der Waals surface area contributed by atoms with Gasteiger partial charge in [0.2, 0.25) is 0 Å². The number of hydrogen-bond acceptors (Lipinski definition) is 5. The molecule has 0 unspecified atom stereocenters. The number of aromatic nitrogens is 3. The lowest BCUT2D eigenvalue weighted by atomic mass is 9.99. The number of pyridine rings is 1. The number of hydrogen-bond donors (Lipinski definition) is 0. The first-order valence-electron chi connectivity index (χ1n) is 9.86. The minimum absolute atomic E-state index is 0. The average molecular weight is 479 g/mol. The molecule has 2 aromatic heterocycles. The van der Waals surface area contributed by atoms with Crippen LogP contribution in [0, 0.1) is 23.3 Å². The van der Waals surface area contributed by atoms with E-state index in [9.17, 15) is 22.4 Å². The van der Waals surface area contributed by atoms with Gasteiger partial charge < -0.3 is 4.90 Å².